The second-order valence-corrected chi connectivity index (χ2v) is 6.32. The average molecular weight is 289 g/mol. The average Bonchev–Trinajstić information content (AvgIpc) is 2.92. The molecule has 1 amide bonds. The number of amides is 1. The van der Waals surface area contributed by atoms with Crippen LogP contribution in [-0.2, 0) is 4.74 Å². The molecule has 2 aliphatic rings. The van der Waals surface area contributed by atoms with E-state index in [2.05, 4.69) is 24.0 Å². The molecule has 0 bridgehead atoms. The van der Waals surface area contributed by atoms with Crippen molar-refractivity contribution < 1.29 is 9.53 Å². The van der Waals surface area contributed by atoms with Crippen molar-refractivity contribution in [3.05, 3.63) is 30.1 Å². The first kappa shape index (κ1) is 14.5. The Balaban J connectivity index is 1.60. The Morgan fingerprint density at radius 1 is 1.38 bits per heavy atom. The highest BCUT2D eigenvalue weighted by Crippen LogP contribution is 2.37. The molecule has 0 aliphatic carbocycles. The molecule has 114 valence electrons. The lowest BCUT2D eigenvalue weighted by atomic mass is 9.87. The Bertz CT molecular complexity index is 496. The minimum atomic E-state index is -0.0180. The summed E-state index contributed by atoms with van der Waals surface area (Å²) in [6.07, 6.45) is 4.60. The van der Waals surface area contributed by atoms with Gasteiger partial charge in [-0.25, -0.2) is 0 Å². The number of carbonyl (C=O) groups excluding carboxylic acids is 1. The van der Waals surface area contributed by atoms with Gasteiger partial charge in [-0.1, -0.05) is 6.07 Å². The molecule has 2 saturated heterocycles. The summed E-state index contributed by atoms with van der Waals surface area (Å²) in [7, 11) is 4.21. The number of piperidine rings is 1. The maximum Gasteiger partial charge on any atom is 0.272 e. The molecule has 1 aromatic heterocycles. The van der Waals surface area contributed by atoms with Crippen LogP contribution in [0.4, 0.5) is 0 Å². The van der Waals surface area contributed by atoms with E-state index < -0.39 is 0 Å². The third kappa shape index (κ3) is 2.94. The molecule has 5 heteroatoms. The van der Waals surface area contributed by atoms with Gasteiger partial charge in [0.15, 0.2) is 0 Å². The Hall–Kier alpha value is -1.46. The van der Waals surface area contributed by atoms with E-state index in [-0.39, 0.29) is 11.5 Å². The number of aromatic nitrogens is 1. The molecule has 0 saturated carbocycles. The number of hydrogen-bond acceptors (Lipinski definition) is 4. The fourth-order valence-electron chi connectivity index (χ4n) is 3.27. The number of pyridine rings is 1. The van der Waals surface area contributed by atoms with Crippen molar-refractivity contribution in [2.75, 3.05) is 33.8 Å². The molecular formula is C16H23N3O2. The van der Waals surface area contributed by atoms with Gasteiger partial charge in [-0.15, -0.1) is 0 Å². The lowest BCUT2D eigenvalue weighted by molar-refractivity contribution is -0.0393. The molecule has 3 heterocycles. The number of carbonyl (C=O) groups is 1. The van der Waals surface area contributed by atoms with Gasteiger partial charge in [-0.2, -0.15) is 0 Å². The second-order valence-electron chi connectivity index (χ2n) is 6.32. The Kier molecular flexibility index (Phi) is 3.95. The standard InChI is InChI=1S/C16H23N3O2/c1-18(2)13-11-16(21-12-13)6-9-19(10-7-16)15(20)14-5-3-4-8-17-14/h3-5,8,13H,6-7,9-12H2,1-2H3/t13-/m1/s1. The van der Waals surface area contributed by atoms with Gasteiger partial charge < -0.3 is 14.5 Å². The number of likely N-dealkylation sites (N-methyl/N-ethyl adjacent to an activating group) is 1. The number of likely N-dealkylation sites (tertiary alicyclic amines) is 1. The summed E-state index contributed by atoms with van der Waals surface area (Å²) in [6, 6.07) is 5.97. The highest BCUT2D eigenvalue weighted by atomic mass is 16.5. The molecule has 1 spiro atoms. The lowest BCUT2D eigenvalue weighted by Gasteiger charge is -2.38. The van der Waals surface area contributed by atoms with Crippen LogP contribution < -0.4 is 0 Å². The van der Waals surface area contributed by atoms with E-state index in [0.717, 1.165) is 39.0 Å². The van der Waals surface area contributed by atoms with Crippen molar-refractivity contribution in [3.8, 4) is 0 Å². The van der Waals surface area contributed by atoms with Crippen LogP contribution in [-0.4, -0.2) is 66.1 Å². The normalized spacial score (nSPS) is 24.7. The number of rotatable bonds is 2. The minimum Gasteiger partial charge on any atom is -0.373 e. The molecule has 0 unspecified atom stereocenters. The van der Waals surface area contributed by atoms with Crippen LogP contribution >= 0.6 is 0 Å². The van der Waals surface area contributed by atoms with Crippen LogP contribution in [0.25, 0.3) is 0 Å². The highest BCUT2D eigenvalue weighted by molar-refractivity contribution is 5.92. The van der Waals surface area contributed by atoms with Gasteiger partial charge in [-0.3, -0.25) is 9.78 Å². The maximum atomic E-state index is 12.4. The Morgan fingerprint density at radius 3 is 2.71 bits per heavy atom. The van der Waals surface area contributed by atoms with Gasteiger partial charge in [0.25, 0.3) is 5.91 Å². The van der Waals surface area contributed by atoms with Crippen molar-refractivity contribution in [1.29, 1.82) is 0 Å². The molecule has 1 atom stereocenters. The van der Waals surface area contributed by atoms with Crippen molar-refractivity contribution in [1.82, 2.24) is 14.8 Å². The molecule has 21 heavy (non-hydrogen) atoms. The molecule has 2 fully saturated rings. The molecule has 0 aromatic carbocycles. The smallest absolute Gasteiger partial charge is 0.272 e. The summed E-state index contributed by atoms with van der Waals surface area (Å²) in [5.41, 5.74) is 0.516. The van der Waals surface area contributed by atoms with E-state index in [0.29, 0.717) is 11.7 Å². The zero-order valence-electron chi connectivity index (χ0n) is 12.8. The summed E-state index contributed by atoms with van der Waals surface area (Å²) in [5.74, 6) is 0.0348. The van der Waals surface area contributed by atoms with Gasteiger partial charge in [0, 0.05) is 25.3 Å². The van der Waals surface area contributed by atoms with E-state index in [1.807, 2.05) is 17.0 Å². The third-order valence-electron chi connectivity index (χ3n) is 4.77. The molecule has 5 nitrogen and oxygen atoms in total. The largest absolute Gasteiger partial charge is 0.373 e. The van der Waals surface area contributed by atoms with Crippen LogP contribution in [0.5, 0.6) is 0 Å². The van der Waals surface area contributed by atoms with E-state index in [4.69, 9.17) is 4.74 Å². The molecule has 0 N–H and O–H groups in total. The SMILES string of the molecule is CN(C)[C@H]1COC2(CCN(C(=O)c3ccccn3)CC2)C1. The number of nitrogens with zero attached hydrogens (tertiary/aromatic N) is 3. The monoisotopic (exact) mass is 289 g/mol. The van der Waals surface area contributed by atoms with Crippen molar-refractivity contribution in [2.45, 2.75) is 30.9 Å². The number of hydrogen-bond donors (Lipinski definition) is 0. The predicted octanol–water partition coefficient (Wildman–Crippen LogP) is 1.41. The van der Waals surface area contributed by atoms with Crippen LogP contribution in [0.1, 0.15) is 29.8 Å². The van der Waals surface area contributed by atoms with Crippen molar-refractivity contribution in [2.24, 2.45) is 0 Å². The van der Waals surface area contributed by atoms with E-state index in [1.54, 1.807) is 12.3 Å². The molecular weight excluding hydrogens is 266 g/mol. The summed E-state index contributed by atoms with van der Waals surface area (Å²) in [5, 5.41) is 0. The summed E-state index contributed by atoms with van der Waals surface area (Å²) in [6.45, 7) is 2.33. The second kappa shape index (κ2) is 5.73. The van der Waals surface area contributed by atoms with E-state index in [9.17, 15) is 4.79 Å². The van der Waals surface area contributed by atoms with E-state index in [1.165, 1.54) is 0 Å². The van der Waals surface area contributed by atoms with Crippen molar-refractivity contribution in [3.63, 3.8) is 0 Å². The zero-order chi connectivity index (χ0) is 14.9. The molecule has 0 radical (unpaired) electrons. The van der Waals surface area contributed by atoms with Gasteiger partial charge in [0.1, 0.15) is 5.69 Å². The van der Waals surface area contributed by atoms with Gasteiger partial charge in [0.2, 0.25) is 0 Å². The summed E-state index contributed by atoms with van der Waals surface area (Å²) >= 11 is 0. The molecule has 3 rings (SSSR count). The Morgan fingerprint density at radius 2 is 2.14 bits per heavy atom. The third-order valence-corrected chi connectivity index (χ3v) is 4.77. The van der Waals surface area contributed by atoms with Crippen LogP contribution in [0.3, 0.4) is 0 Å². The number of ether oxygens (including phenoxy) is 1. The topological polar surface area (TPSA) is 45.7 Å². The van der Waals surface area contributed by atoms with Gasteiger partial charge in [0.05, 0.1) is 12.2 Å². The Labute approximate surface area is 125 Å². The minimum absolute atomic E-state index is 0.0180. The van der Waals surface area contributed by atoms with Crippen LogP contribution in [0.15, 0.2) is 24.4 Å². The van der Waals surface area contributed by atoms with E-state index >= 15 is 0 Å². The first-order chi connectivity index (χ1) is 10.1. The first-order valence-electron chi connectivity index (χ1n) is 7.60. The fraction of sp³-hybridized carbons (Fsp3) is 0.625. The maximum absolute atomic E-state index is 12.4. The fourth-order valence-corrected chi connectivity index (χ4v) is 3.27. The quantitative estimate of drug-likeness (QED) is 0.826. The molecule has 2 aliphatic heterocycles. The summed E-state index contributed by atoms with van der Waals surface area (Å²) in [4.78, 5) is 20.7. The van der Waals surface area contributed by atoms with Crippen LogP contribution in [0, 0.1) is 0 Å². The van der Waals surface area contributed by atoms with Crippen LogP contribution in [0.2, 0.25) is 0 Å². The predicted molar refractivity (Wildman–Crippen MR) is 80.1 cm³/mol. The summed E-state index contributed by atoms with van der Waals surface area (Å²) < 4.78 is 6.09. The molecule has 1 aromatic rings. The van der Waals surface area contributed by atoms with Gasteiger partial charge >= 0.3 is 0 Å². The first-order valence-corrected chi connectivity index (χ1v) is 7.60. The highest BCUT2D eigenvalue weighted by Gasteiger charge is 2.44. The lowest BCUT2D eigenvalue weighted by Crippen LogP contribution is -2.47. The van der Waals surface area contributed by atoms with Crippen molar-refractivity contribution >= 4 is 5.91 Å². The zero-order valence-corrected chi connectivity index (χ0v) is 12.8. The van der Waals surface area contributed by atoms with Gasteiger partial charge in [-0.05, 0) is 45.5 Å².